The highest BCUT2D eigenvalue weighted by atomic mass is 35.5. The van der Waals surface area contributed by atoms with Crippen molar-refractivity contribution in [1.82, 2.24) is 5.32 Å². The summed E-state index contributed by atoms with van der Waals surface area (Å²) in [6.45, 7) is 5.11. The Morgan fingerprint density at radius 3 is 2.48 bits per heavy atom. The highest BCUT2D eigenvalue weighted by molar-refractivity contribution is 6.31. The summed E-state index contributed by atoms with van der Waals surface area (Å²) >= 11 is 6.21. The van der Waals surface area contributed by atoms with Crippen molar-refractivity contribution in [2.45, 2.75) is 32.7 Å². The molecule has 2 aromatic rings. The predicted octanol–water partition coefficient (Wildman–Crippen LogP) is 5.07. The van der Waals surface area contributed by atoms with Crippen LogP contribution in [-0.4, -0.2) is 6.54 Å². The van der Waals surface area contributed by atoms with Crippen LogP contribution >= 0.6 is 11.6 Å². The van der Waals surface area contributed by atoms with Crippen molar-refractivity contribution in [3.8, 4) is 0 Å². The molecule has 1 atom stereocenters. The average Bonchev–Trinajstić information content (AvgIpc) is 2.46. The molecule has 0 heterocycles. The molecular formula is C18H21ClFN. The van der Waals surface area contributed by atoms with Gasteiger partial charge >= 0.3 is 0 Å². The molecule has 2 rings (SSSR count). The molecule has 0 amide bonds. The standard InChI is InChI=1S/C18H21ClFN/c1-3-10-21-18(11-14-6-4-13(2)5-7-14)16-9-8-15(20)12-17(16)19/h4-9,12,18,21H,3,10-11H2,1-2H3. The van der Waals surface area contributed by atoms with Crippen LogP contribution in [0.3, 0.4) is 0 Å². The van der Waals surface area contributed by atoms with E-state index in [1.807, 2.05) is 0 Å². The van der Waals surface area contributed by atoms with Crippen molar-refractivity contribution >= 4 is 11.6 Å². The Morgan fingerprint density at radius 2 is 1.86 bits per heavy atom. The maximum absolute atomic E-state index is 13.2. The fourth-order valence-corrected chi connectivity index (χ4v) is 2.65. The number of hydrogen-bond donors (Lipinski definition) is 1. The molecule has 0 radical (unpaired) electrons. The first kappa shape index (κ1) is 16.0. The number of halogens is 2. The van der Waals surface area contributed by atoms with E-state index in [-0.39, 0.29) is 11.9 Å². The van der Waals surface area contributed by atoms with Gasteiger partial charge in [0.2, 0.25) is 0 Å². The fraction of sp³-hybridized carbons (Fsp3) is 0.333. The summed E-state index contributed by atoms with van der Waals surface area (Å²) in [6.07, 6.45) is 1.88. The Hall–Kier alpha value is -1.38. The maximum Gasteiger partial charge on any atom is 0.124 e. The van der Waals surface area contributed by atoms with E-state index in [1.165, 1.54) is 23.3 Å². The van der Waals surface area contributed by atoms with Crippen LogP contribution in [0.1, 0.15) is 36.1 Å². The van der Waals surface area contributed by atoms with Gasteiger partial charge in [-0.1, -0.05) is 54.4 Å². The first-order valence-electron chi connectivity index (χ1n) is 7.34. The maximum atomic E-state index is 13.2. The molecule has 1 nitrogen and oxygen atoms in total. The second-order valence-corrected chi connectivity index (χ2v) is 5.77. The van der Waals surface area contributed by atoms with E-state index < -0.39 is 0 Å². The topological polar surface area (TPSA) is 12.0 Å². The van der Waals surface area contributed by atoms with E-state index in [4.69, 9.17) is 11.6 Å². The molecule has 1 unspecified atom stereocenters. The summed E-state index contributed by atoms with van der Waals surface area (Å²) in [7, 11) is 0. The normalized spacial score (nSPS) is 12.4. The number of aryl methyl sites for hydroxylation is 1. The molecule has 0 saturated heterocycles. The van der Waals surface area contributed by atoms with Gasteiger partial charge in [-0.25, -0.2) is 4.39 Å². The van der Waals surface area contributed by atoms with Gasteiger partial charge in [-0.15, -0.1) is 0 Å². The second kappa shape index (κ2) is 7.58. The van der Waals surface area contributed by atoms with Gasteiger partial charge in [-0.05, 0) is 49.6 Å². The Labute approximate surface area is 131 Å². The fourth-order valence-electron chi connectivity index (χ4n) is 2.35. The number of rotatable bonds is 6. The van der Waals surface area contributed by atoms with Gasteiger partial charge in [0, 0.05) is 11.1 Å². The summed E-state index contributed by atoms with van der Waals surface area (Å²) in [6, 6.07) is 13.2. The van der Waals surface area contributed by atoms with Gasteiger partial charge in [0.1, 0.15) is 5.82 Å². The zero-order valence-corrected chi connectivity index (χ0v) is 13.3. The molecule has 1 N–H and O–H groups in total. The molecule has 0 aliphatic carbocycles. The number of hydrogen-bond acceptors (Lipinski definition) is 1. The average molecular weight is 306 g/mol. The minimum Gasteiger partial charge on any atom is -0.310 e. The Bertz CT molecular complexity index is 580. The lowest BCUT2D eigenvalue weighted by Gasteiger charge is -2.20. The lowest BCUT2D eigenvalue weighted by molar-refractivity contribution is 0.528. The molecule has 0 aliphatic heterocycles. The lowest BCUT2D eigenvalue weighted by Crippen LogP contribution is -2.24. The molecule has 2 aromatic carbocycles. The molecule has 0 saturated carbocycles. The van der Waals surface area contributed by atoms with Crippen LogP contribution in [0.5, 0.6) is 0 Å². The molecule has 0 bridgehead atoms. The van der Waals surface area contributed by atoms with E-state index in [1.54, 1.807) is 6.07 Å². The van der Waals surface area contributed by atoms with E-state index in [0.29, 0.717) is 5.02 Å². The molecule has 112 valence electrons. The van der Waals surface area contributed by atoms with Crippen LogP contribution in [0.25, 0.3) is 0 Å². The molecule has 21 heavy (non-hydrogen) atoms. The van der Waals surface area contributed by atoms with Crippen LogP contribution in [0.4, 0.5) is 4.39 Å². The summed E-state index contributed by atoms with van der Waals surface area (Å²) in [5.74, 6) is -0.298. The summed E-state index contributed by atoms with van der Waals surface area (Å²) in [5, 5.41) is 3.98. The van der Waals surface area contributed by atoms with Gasteiger partial charge in [0.15, 0.2) is 0 Å². The molecule has 3 heteroatoms. The minimum absolute atomic E-state index is 0.0979. The zero-order valence-electron chi connectivity index (χ0n) is 12.5. The van der Waals surface area contributed by atoms with Crippen molar-refractivity contribution in [2.75, 3.05) is 6.54 Å². The van der Waals surface area contributed by atoms with Crippen molar-refractivity contribution in [1.29, 1.82) is 0 Å². The van der Waals surface area contributed by atoms with Gasteiger partial charge in [-0.2, -0.15) is 0 Å². The second-order valence-electron chi connectivity index (χ2n) is 5.36. The zero-order chi connectivity index (χ0) is 15.2. The quantitative estimate of drug-likeness (QED) is 0.785. The first-order valence-corrected chi connectivity index (χ1v) is 7.72. The Morgan fingerprint density at radius 1 is 1.14 bits per heavy atom. The van der Waals surface area contributed by atoms with Crippen LogP contribution in [0, 0.1) is 12.7 Å². The predicted molar refractivity (Wildman–Crippen MR) is 87.3 cm³/mol. The van der Waals surface area contributed by atoms with E-state index in [0.717, 1.165) is 24.9 Å². The van der Waals surface area contributed by atoms with Gasteiger partial charge < -0.3 is 5.32 Å². The Kier molecular flexibility index (Phi) is 5.77. The van der Waals surface area contributed by atoms with Crippen molar-refractivity contribution in [2.24, 2.45) is 0 Å². The van der Waals surface area contributed by atoms with Crippen LogP contribution in [-0.2, 0) is 6.42 Å². The largest absolute Gasteiger partial charge is 0.310 e. The third-order valence-electron chi connectivity index (χ3n) is 3.54. The third-order valence-corrected chi connectivity index (χ3v) is 3.87. The molecule has 0 aliphatic rings. The molecular weight excluding hydrogens is 285 g/mol. The Balaban J connectivity index is 2.22. The van der Waals surface area contributed by atoms with Crippen molar-refractivity contribution < 1.29 is 4.39 Å². The number of nitrogens with one attached hydrogen (secondary N) is 1. The number of benzene rings is 2. The van der Waals surface area contributed by atoms with Gasteiger partial charge in [0.05, 0.1) is 0 Å². The summed E-state index contributed by atoms with van der Waals surface area (Å²) in [4.78, 5) is 0. The highest BCUT2D eigenvalue weighted by Gasteiger charge is 2.15. The van der Waals surface area contributed by atoms with E-state index >= 15 is 0 Å². The lowest BCUT2D eigenvalue weighted by atomic mass is 9.98. The minimum atomic E-state index is -0.298. The molecule has 0 spiro atoms. The van der Waals surface area contributed by atoms with Crippen LogP contribution < -0.4 is 5.32 Å². The van der Waals surface area contributed by atoms with Gasteiger partial charge in [-0.3, -0.25) is 0 Å². The van der Waals surface area contributed by atoms with Crippen molar-refractivity contribution in [3.63, 3.8) is 0 Å². The highest BCUT2D eigenvalue weighted by Crippen LogP contribution is 2.26. The van der Waals surface area contributed by atoms with Crippen molar-refractivity contribution in [3.05, 3.63) is 70.0 Å². The third kappa shape index (κ3) is 4.55. The summed E-state index contributed by atoms with van der Waals surface area (Å²) < 4.78 is 13.2. The summed E-state index contributed by atoms with van der Waals surface area (Å²) in [5.41, 5.74) is 3.44. The molecule has 0 fully saturated rings. The molecule has 0 aromatic heterocycles. The van der Waals surface area contributed by atoms with E-state index in [2.05, 4.69) is 43.4 Å². The van der Waals surface area contributed by atoms with Gasteiger partial charge in [0.25, 0.3) is 0 Å². The van der Waals surface area contributed by atoms with Crippen LogP contribution in [0.15, 0.2) is 42.5 Å². The smallest absolute Gasteiger partial charge is 0.124 e. The SMILES string of the molecule is CCCNC(Cc1ccc(C)cc1)c1ccc(F)cc1Cl. The van der Waals surface area contributed by atoms with E-state index in [9.17, 15) is 4.39 Å². The van der Waals surface area contributed by atoms with Crippen LogP contribution in [0.2, 0.25) is 5.02 Å². The first-order chi connectivity index (χ1) is 10.1. The monoisotopic (exact) mass is 305 g/mol.